The molecule has 1 aromatic heterocycles. The van der Waals surface area contributed by atoms with Crippen molar-refractivity contribution in [3.63, 3.8) is 0 Å². The molecular formula is C18H23NO3S. The fourth-order valence-corrected chi connectivity index (χ4v) is 3.68. The van der Waals surface area contributed by atoms with Gasteiger partial charge < -0.3 is 14.6 Å². The quantitative estimate of drug-likeness (QED) is 0.900. The van der Waals surface area contributed by atoms with Crippen molar-refractivity contribution in [2.45, 2.75) is 52.6 Å². The second-order valence-corrected chi connectivity index (χ2v) is 7.20. The molecule has 0 radical (unpaired) electrons. The molecule has 1 aliphatic rings. The van der Waals surface area contributed by atoms with Crippen molar-refractivity contribution < 1.29 is 14.6 Å². The highest BCUT2D eigenvalue weighted by Gasteiger charge is 2.16. The molecule has 2 heterocycles. The summed E-state index contributed by atoms with van der Waals surface area (Å²) >= 11 is 1.67. The first-order valence-electron chi connectivity index (χ1n) is 8.07. The lowest BCUT2D eigenvalue weighted by molar-refractivity contribution is -0.169. The molecule has 0 aliphatic carbocycles. The van der Waals surface area contributed by atoms with Crippen molar-refractivity contribution in [2.24, 2.45) is 0 Å². The van der Waals surface area contributed by atoms with E-state index in [0.717, 1.165) is 46.8 Å². The van der Waals surface area contributed by atoms with Crippen LogP contribution in [0.1, 0.15) is 41.0 Å². The van der Waals surface area contributed by atoms with Crippen LogP contribution in [0.4, 0.5) is 0 Å². The number of hydrogen-bond acceptors (Lipinski definition) is 5. The van der Waals surface area contributed by atoms with Crippen LogP contribution in [0.3, 0.4) is 0 Å². The predicted octanol–water partition coefficient (Wildman–Crippen LogP) is 3.96. The number of thiazole rings is 1. The highest BCUT2D eigenvalue weighted by molar-refractivity contribution is 7.15. The SMILES string of the molecule is Cc1cc(CO)cc(-c2nc(COC3CCCCO3)c(C)s2)c1. The molecule has 0 bridgehead atoms. The Kier molecular flexibility index (Phi) is 5.43. The number of benzene rings is 1. The topological polar surface area (TPSA) is 51.6 Å². The minimum absolute atomic E-state index is 0.0496. The molecule has 0 spiro atoms. The van der Waals surface area contributed by atoms with E-state index >= 15 is 0 Å². The van der Waals surface area contributed by atoms with E-state index in [1.54, 1.807) is 11.3 Å². The Morgan fingerprint density at radius 1 is 1.30 bits per heavy atom. The predicted molar refractivity (Wildman–Crippen MR) is 91.3 cm³/mol. The first-order valence-corrected chi connectivity index (χ1v) is 8.88. The number of nitrogens with zero attached hydrogens (tertiary/aromatic N) is 1. The zero-order valence-corrected chi connectivity index (χ0v) is 14.5. The minimum Gasteiger partial charge on any atom is -0.392 e. The number of aryl methyl sites for hydroxylation is 2. The second-order valence-electron chi connectivity index (χ2n) is 5.99. The maximum absolute atomic E-state index is 9.37. The van der Waals surface area contributed by atoms with Gasteiger partial charge in [0, 0.05) is 17.0 Å². The van der Waals surface area contributed by atoms with Crippen LogP contribution >= 0.6 is 11.3 Å². The van der Waals surface area contributed by atoms with Crippen LogP contribution in [0.25, 0.3) is 10.6 Å². The van der Waals surface area contributed by atoms with Gasteiger partial charge in [0.1, 0.15) is 5.01 Å². The van der Waals surface area contributed by atoms with E-state index in [0.29, 0.717) is 6.61 Å². The van der Waals surface area contributed by atoms with Gasteiger partial charge in [-0.05, 0) is 50.8 Å². The summed E-state index contributed by atoms with van der Waals surface area (Å²) in [5, 5.41) is 10.3. The molecule has 1 fully saturated rings. The first kappa shape index (κ1) is 16.6. The molecule has 2 aromatic rings. The highest BCUT2D eigenvalue weighted by Crippen LogP contribution is 2.30. The summed E-state index contributed by atoms with van der Waals surface area (Å²) in [5.41, 5.74) is 4.09. The van der Waals surface area contributed by atoms with Gasteiger partial charge in [0.05, 0.1) is 18.9 Å². The van der Waals surface area contributed by atoms with Gasteiger partial charge in [-0.15, -0.1) is 11.3 Å². The molecule has 3 rings (SSSR count). The summed E-state index contributed by atoms with van der Waals surface area (Å²) < 4.78 is 11.5. The maximum atomic E-state index is 9.37. The van der Waals surface area contributed by atoms with Crippen molar-refractivity contribution in [3.8, 4) is 10.6 Å². The smallest absolute Gasteiger partial charge is 0.158 e. The number of rotatable bonds is 5. The summed E-state index contributed by atoms with van der Waals surface area (Å²) in [6.07, 6.45) is 3.17. The molecule has 1 unspecified atom stereocenters. The van der Waals surface area contributed by atoms with Crippen LogP contribution in [0.15, 0.2) is 18.2 Å². The number of hydrogen-bond donors (Lipinski definition) is 1. The fourth-order valence-electron chi connectivity index (χ4n) is 2.78. The lowest BCUT2D eigenvalue weighted by Gasteiger charge is -2.22. The maximum Gasteiger partial charge on any atom is 0.158 e. The lowest BCUT2D eigenvalue weighted by Crippen LogP contribution is -2.22. The van der Waals surface area contributed by atoms with Gasteiger partial charge in [-0.3, -0.25) is 0 Å². The Morgan fingerprint density at radius 3 is 2.91 bits per heavy atom. The molecule has 1 aromatic carbocycles. The summed E-state index contributed by atoms with van der Waals surface area (Å²) in [6, 6.07) is 6.10. The monoisotopic (exact) mass is 333 g/mol. The number of ether oxygens (including phenoxy) is 2. The molecule has 1 aliphatic heterocycles. The Labute approximate surface area is 141 Å². The first-order chi connectivity index (χ1) is 11.2. The fraction of sp³-hybridized carbons (Fsp3) is 0.500. The van der Waals surface area contributed by atoms with Gasteiger partial charge in [-0.2, -0.15) is 0 Å². The van der Waals surface area contributed by atoms with E-state index in [9.17, 15) is 5.11 Å². The van der Waals surface area contributed by atoms with Crippen molar-refractivity contribution in [1.29, 1.82) is 0 Å². The largest absolute Gasteiger partial charge is 0.392 e. The van der Waals surface area contributed by atoms with Gasteiger partial charge >= 0.3 is 0 Å². The van der Waals surface area contributed by atoms with Crippen molar-refractivity contribution in [3.05, 3.63) is 39.9 Å². The number of aliphatic hydroxyl groups is 1. The standard InChI is InChI=1S/C18H23NO3S/c1-12-7-14(10-20)9-15(8-12)18-19-16(13(2)23-18)11-22-17-5-3-4-6-21-17/h7-9,17,20H,3-6,10-11H2,1-2H3. The Morgan fingerprint density at radius 2 is 2.17 bits per heavy atom. The van der Waals surface area contributed by atoms with Crippen molar-refractivity contribution in [1.82, 2.24) is 4.98 Å². The molecule has 1 saturated heterocycles. The molecule has 1 atom stereocenters. The van der Waals surface area contributed by atoms with Gasteiger partial charge in [0.2, 0.25) is 0 Å². The number of aliphatic hydroxyl groups excluding tert-OH is 1. The molecule has 124 valence electrons. The van der Waals surface area contributed by atoms with Crippen molar-refractivity contribution in [2.75, 3.05) is 6.61 Å². The van der Waals surface area contributed by atoms with Crippen LogP contribution in [0.2, 0.25) is 0 Å². The molecule has 0 saturated carbocycles. The molecule has 5 heteroatoms. The third-order valence-corrected chi connectivity index (χ3v) is 5.07. The summed E-state index contributed by atoms with van der Waals surface area (Å²) in [4.78, 5) is 5.91. The summed E-state index contributed by atoms with van der Waals surface area (Å²) in [6.45, 7) is 5.44. The summed E-state index contributed by atoms with van der Waals surface area (Å²) in [7, 11) is 0. The Balaban J connectivity index is 1.73. The third kappa shape index (κ3) is 4.18. The van der Waals surface area contributed by atoms with E-state index in [-0.39, 0.29) is 12.9 Å². The molecule has 1 N–H and O–H groups in total. The van der Waals surface area contributed by atoms with Crippen LogP contribution in [0.5, 0.6) is 0 Å². The van der Waals surface area contributed by atoms with E-state index in [2.05, 4.69) is 13.0 Å². The Hall–Kier alpha value is -1.27. The molecule has 23 heavy (non-hydrogen) atoms. The average Bonchev–Trinajstić information content (AvgIpc) is 2.94. The van der Waals surface area contributed by atoms with Crippen LogP contribution in [-0.2, 0) is 22.7 Å². The summed E-state index contributed by atoms with van der Waals surface area (Å²) in [5.74, 6) is 0. The minimum atomic E-state index is -0.0896. The van der Waals surface area contributed by atoms with E-state index in [1.165, 1.54) is 11.3 Å². The zero-order valence-electron chi connectivity index (χ0n) is 13.7. The van der Waals surface area contributed by atoms with Gasteiger partial charge in [-0.1, -0.05) is 11.6 Å². The number of aromatic nitrogens is 1. The zero-order chi connectivity index (χ0) is 16.2. The van der Waals surface area contributed by atoms with Crippen molar-refractivity contribution >= 4 is 11.3 Å². The third-order valence-electron chi connectivity index (χ3n) is 4.00. The molecule has 0 amide bonds. The van der Waals surface area contributed by atoms with E-state index < -0.39 is 0 Å². The molecular weight excluding hydrogens is 310 g/mol. The van der Waals surface area contributed by atoms with E-state index in [4.69, 9.17) is 14.5 Å². The average molecular weight is 333 g/mol. The lowest BCUT2D eigenvalue weighted by atomic mass is 10.1. The normalized spacial score (nSPS) is 18.3. The van der Waals surface area contributed by atoms with Crippen LogP contribution in [0, 0.1) is 13.8 Å². The van der Waals surface area contributed by atoms with Crippen LogP contribution in [-0.4, -0.2) is 23.0 Å². The molecule has 4 nitrogen and oxygen atoms in total. The van der Waals surface area contributed by atoms with Gasteiger partial charge in [0.25, 0.3) is 0 Å². The second kappa shape index (κ2) is 7.53. The van der Waals surface area contributed by atoms with Crippen LogP contribution < -0.4 is 0 Å². The van der Waals surface area contributed by atoms with Gasteiger partial charge in [0.15, 0.2) is 6.29 Å². The highest BCUT2D eigenvalue weighted by atomic mass is 32.1. The van der Waals surface area contributed by atoms with Gasteiger partial charge in [-0.25, -0.2) is 4.98 Å². The Bertz CT molecular complexity index is 662. The van der Waals surface area contributed by atoms with E-state index in [1.807, 2.05) is 19.1 Å².